The van der Waals surface area contributed by atoms with Gasteiger partial charge in [-0.3, -0.25) is 13.9 Å². The van der Waals surface area contributed by atoms with Gasteiger partial charge in [-0.1, -0.05) is 43.7 Å². The number of nitrogens with one attached hydrogen (secondary N) is 1. The third kappa shape index (κ3) is 7.56. The third-order valence-corrected chi connectivity index (χ3v) is 6.30. The molecular formula is C24H32FN3O4S. The van der Waals surface area contributed by atoms with Crippen LogP contribution in [0.15, 0.2) is 48.5 Å². The van der Waals surface area contributed by atoms with E-state index in [0.717, 1.165) is 40.2 Å². The lowest BCUT2D eigenvalue weighted by atomic mass is 10.1. The van der Waals surface area contributed by atoms with E-state index in [-0.39, 0.29) is 18.1 Å². The van der Waals surface area contributed by atoms with Crippen molar-refractivity contribution < 1.29 is 22.4 Å². The molecule has 2 amide bonds. The molecule has 9 heteroatoms. The van der Waals surface area contributed by atoms with Crippen LogP contribution >= 0.6 is 0 Å². The molecule has 2 aromatic carbocycles. The number of sulfonamides is 1. The Kier molecular flexibility index (Phi) is 9.40. The first-order valence-electron chi connectivity index (χ1n) is 10.9. The van der Waals surface area contributed by atoms with E-state index in [0.29, 0.717) is 13.0 Å². The number of carbonyl (C=O) groups excluding carboxylic acids is 2. The number of anilines is 1. The zero-order valence-electron chi connectivity index (χ0n) is 19.5. The smallest absolute Gasteiger partial charge is 0.244 e. The van der Waals surface area contributed by atoms with Gasteiger partial charge in [-0.15, -0.1) is 0 Å². The molecule has 180 valence electrons. The summed E-state index contributed by atoms with van der Waals surface area (Å²) in [7, 11) is -3.84. The summed E-state index contributed by atoms with van der Waals surface area (Å²) < 4.78 is 39.2. The number of rotatable bonds is 11. The fraction of sp³-hybridized carbons (Fsp3) is 0.417. The maximum absolute atomic E-state index is 13.5. The van der Waals surface area contributed by atoms with Gasteiger partial charge in [0.1, 0.15) is 18.4 Å². The fourth-order valence-corrected chi connectivity index (χ4v) is 4.36. The van der Waals surface area contributed by atoms with Gasteiger partial charge in [-0.05, 0) is 49.6 Å². The van der Waals surface area contributed by atoms with Gasteiger partial charge in [0.15, 0.2) is 0 Å². The standard InChI is InChI=1S/C24H32FN3O4S/c1-5-14-26-24(30)22(6-2)27(16-19-9-7-8-18(3)15-19)23(29)17-28(33(4,31)32)21-12-10-20(25)11-13-21/h7-13,15,22H,5-6,14,16-17H2,1-4H3,(H,26,30)/t22-/m0/s1. The second-order valence-electron chi connectivity index (χ2n) is 7.97. The van der Waals surface area contributed by atoms with Crippen molar-refractivity contribution in [1.29, 1.82) is 0 Å². The summed E-state index contributed by atoms with van der Waals surface area (Å²) in [5, 5.41) is 2.83. The van der Waals surface area contributed by atoms with Crippen molar-refractivity contribution in [3.8, 4) is 0 Å². The minimum Gasteiger partial charge on any atom is -0.354 e. The van der Waals surface area contributed by atoms with Gasteiger partial charge in [-0.25, -0.2) is 12.8 Å². The molecule has 0 saturated heterocycles. The van der Waals surface area contributed by atoms with Crippen LogP contribution in [0, 0.1) is 12.7 Å². The monoisotopic (exact) mass is 477 g/mol. The Morgan fingerprint density at radius 1 is 1.09 bits per heavy atom. The molecular weight excluding hydrogens is 445 g/mol. The van der Waals surface area contributed by atoms with E-state index in [1.807, 2.05) is 38.1 Å². The zero-order chi connectivity index (χ0) is 24.6. The molecule has 0 unspecified atom stereocenters. The molecule has 0 aliphatic rings. The first-order valence-corrected chi connectivity index (χ1v) is 12.8. The van der Waals surface area contributed by atoms with Gasteiger partial charge in [0.05, 0.1) is 11.9 Å². The highest BCUT2D eigenvalue weighted by atomic mass is 32.2. The first kappa shape index (κ1) is 26.3. The summed E-state index contributed by atoms with van der Waals surface area (Å²) in [6.45, 7) is 5.80. The maximum atomic E-state index is 13.5. The SMILES string of the molecule is CCCNC(=O)[C@H](CC)N(Cc1cccc(C)c1)C(=O)CN(c1ccc(F)cc1)S(C)(=O)=O. The van der Waals surface area contributed by atoms with Gasteiger partial charge < -0.3 is 10.2 Å². The highest BCUT2D eigenvalue weighted by Gasteiger charge is 2.31. The largest absolute Gasteiger partial charge is 0.354 e. The maximum Gasteiger partial charge on any atom is 0.244 e. The van der Waals surface area contributed by atoms with Crippen LogP contribution < -0.4 is 9.62 Å². The summed E-state index contributed by atoms with van der Waals surface area (Å²) >= 11 is 0. The fourth-order valence-electron chi connectivity index (χ4n) is 3.51. The third-order valence-electron chi connectivity index (χ3n) is 5.16. The first-order chi connectivity index (χ1) is 15.6. The molecule has 7 nitrogen and oxygen atoms in total. The molecule has 0 fully saturated rings. The van der Waals surface area contributed by atoms with Crippen LogP contribution in [-0.2, 0) is 26.2 Å². The number of hydrogen-bond acceptors (Lipinski definition) is 4. The van der Waals surface area contributed by atoms with E-state index in [2.05, 4.69) is 5.32 Å². The van der Waals surface area contributed by atoms with Crippen LogP contribution in [0.2, 0.25) is 0 Å². The summed E-state index contributed by atoms with van der Waals surface area (Å²) in [5.74, 6) is -1.32. The van der Waals surface area contributed by atoms with Gasteiger partial charge in [-0.2, -0.15) is 0 Å². The molecule has 0 radical (unpaired) electrons. The molecule has 33 heavy (non-hydrogen) atoms. The van der Waals surface area contributed by atoms with Gasteiger partial charge >= 0.3 is 0 Å². The zero-order valence-corrected chi connectivity index (χ0v) is 20.4. The summed E-state index contributed by atoms with van der Waals surface area (Å²) in [6, 6.07) is 11.7. The van der Waals surface area contributed by atoms with Crippen molar-refractivity contribution in [2.75, 3.05) is 23.7 Å². The van der Waals surface area contributed by atoms with Crippen molar-refractivity contribution in [2.45, 2.75) is 46.2 Å². The normalized spacial score (nSPS) is 12.2. The molecule has 0 aromatic heterocycles. The average molecular weight is 478 g/mol. The second-order valence-corrected chi connectivity index (χ2v) is 9.88. The number of hydrogen-bond donors (Lipinski definition) is 1. The van der Waals surface area contributed by atoms with Gasteiger partial charge in [0, 0.05) is 13.1 Å². The Morgan fingerprint density at radius 2 is 1.76 bits per heavy atom. The van der Waals surface area contributed by atoms with E-state index in [1.165, 1.54) is 17.0 Å². The molecule has 0 aliphatic carbocycles. The lowest BCUT2D eigenvalue weighted by molar-refractivity contribution is -0.140. The van der Waals surface area contributed by atoms with E-state index in [1.54, 1.807) is 6.92 Å². The second kappa shape index (κ2) is 11.8. The van der Waals surface area contributed by atoms with Crippen molar-refractivity contribution in [1.82, 2.24) is 10.2 Å². The number of benzene rings is 2. The van der Waals surface area contributed by atoms with Crippen molar-refractivity contribution in [3.05, 3.63) is 65.5 Å². The van der Waals surface area contributed by atoms with E-state index in [9.17, 15) is 22.4 Å². The molecule has 1 atom stereocenters. The molecule has 0 bridgehead atoms. The predicted octanol–water partition coefficient (Wildman–Crippen LogP) is 3.23. The summed E-state index contributed by atoms with van der Waals surface area (Å²) in [5.41, 5.74) is 2.01. The lowest BCUT2D eigenvalue weighted by Crippen LogP contribution is -2.52. The Balaban J connectivity index is 2.41. The van der Waals surface area contributed by atoms with E-state index < -0.39 is 34.3 Å². The average Bonchev–Trinajstić information content (AvgIpc) is 2.75. The van der Waals surface area contributed by atoms with Crippen LogP contribution in [0.25, 0.3) is 0 Å². The lowest BCUT2D eigenvalue weighted by Gasteiger charge is -2.33. The quantitative estimate of drug-likeness (QED) is 0.538. The molecule has 0 saturated carbocycles. The van der Waals surface area contributed by atoms with E-state index in [4.69, 9.17) is 0 Å². The molecule has 0 aliphatic heterocycles. The van der Waals surface area contributed by atoms with Crippen LogP contribution in [0.1, 0.15) is 37.8 Å². The Bertz CT molecular complexity index is 1060. The number of aryl methyl sites for hydroxylation is 1. The van der Waals surface area contributed by atoms with Crippen LogP contribution in [0.4, 0.5) is 10.1 Å². The highest BCUT2D eigenvalue weighted by molar-refractivity contribution is 7.92. The molecule has 1 N–H and O–H groups in total. The topological polar surface area (TPSA) is 86.8 Å². The summed E-state index contributed by atoms with van der Waals surface area (Å²) in [4.78, 5) is 27.7. The number of amides is 2. The Hall–Kier alpha value is -2.94. The molecule has 0 heterocycles. The number of nitrogens with zero attached hydrogens (tertiary/aromatic N) is 2. The highest BCUT2D eigenvalue weighted by Crippen LogP contribution is 2.20. The molecule has 0 spiro atoms. The van der Waals surface area contributed by atoms with Crippen LogP contribution in [0.5, 0.6) is 0 Å². The Labute approximate surface area is 195 Å². The van der Waals surface area contributed by atoms with Crippen LogP contribution in [0.3, 0.4) is 0 Å². The van der Waals surface area contributed by atoms with Gasteiger partial charge in [0.25, 0.3) is 0 Å². The van der Waals surface area contributed by atoms with Crippen molar-refractivity contribution in [3.63, 3.8) is 0 Å². The summed E-state index contributed by atoms with van der Waals surface area (Å²) in [6.07, 6.45) is 2.10. The Morgan fingerprint density at radius 3 is 2.30 bits per heavy atom. The number of carbonyl (C=O) groups is 2. The number of halogens is 1. The molecule has 2 rings (SSSR count). The van der Waals surface area contributed by atoms with Gasteiger partial charge in [0.2, 0.25) is 21.8 Å². The van der Waals surface area contributed by atoms with E-state index >= 15 is 0 Å². The van der Waals surface area contributed by atoms with Crippen molar-refractivity contribution in [2.24, 2.45) is 0 Å². The molecule has 2 aromatic rings. The minimum absolute atomic E-state index is 0.152. The predicted molar refractivity (Wildman–Crippen MR) is 128 cm³/mol. The minimum atomic E-state index is -3.84. The van der Waals surface area contributed by atoms with Crippen molar-refractivity contribution >= 4 is 27.5 Å². The van der Waals surface area contributed by atoms with Crippen LogP contribution in [-0.4, -0.2) is 50.5 Å².